The average molecular weight is 1010 g/mol. The molecule has 0 aromatic carbocycles. The summed E-state index contributed by atoms with van der Waals surface area (Å²) in [5.74, 6) is -0.279. The van der Waals surface area contributed by atoms with Crippen LogP contribution in [0.1, 0.15) is 174 Å². The minimum atomic E-state index is -1.97. The fourth-order valence-electron chi connectivity index (χ4n) is 9.31. The van der Waals surface area contributed by atoms with E-state index >= 15 is 0 Å². The number of allylic oxidation sites excluding steroid dienone is 1. The summed E-state index contributed by atoms with van der Waals surface area (Å²) in [6.07, 6.45) is 5.34. The van der Waals surface area contributed by atoms with Crippen molar-refractivity contribution >= 4 is 5.91 Å². The molecule has 0 radical (unpaired) electrons. The van der Waals surface area contributed by atoms with E-state index in [0.717, 1.165) is 57.8 Å². The Kier molecular flexibility index (Phi) is 32.7. The van der Waals surface area contributed by atoms with Crippen molar-refractivity contribution in [3.8, 4) is 0 Å². The minimum Gasteiger partial charge on any atom is -0.394 e. The van der Waals surface area contributed by atoms with Gasteiger partial charge < -0.3 is 89.9 Å². The fraction of sp³-hybridized carbons (Fsp3) is 0.941. The van der Waals surface area contributed by atoms with Gasteiger partial charge in [-0.3, -0.25) is 4.79 Å². The van der Waals surface area contributed by atoms with Crippen molar-refractivity contribution in [1.29, 1.82) is 0 Å². The summed E-state index contributed by atoms with van der Waals surface area (Å²) in [5, 5.41) is 119. The quantitative estimate of drug-likeness (QED) is 0.0313. The Balaban J connectivity index is 1.49. The van der Waals surface area contributed by atoms with Crippen molar-refractivity contribution in [3.63, 3.8) is 0 Å². The van der Waals surface area contributed by atoms with Crippen LogP contribution < -0.4 is 5.32 Å². The molecule has 19 nitrogen and oxygen atoms in total. The largest absolute Gasteiger partial charge is 0.394 e. The second-order valence-electron chi connectivity index (χ2n) is 19.7. The third-order valence-corrected chi connectivity index (χ3v) is 13.8. The van der Waals surface area contributed by atoms with Gasteiger partial charge in [-0.15, -0.1) is 0 Å². The van der Waals surface area contributed by atoms with Crippen LogP contribution in [0.3, 0.4) is 0 Å². The second-order valence-corrected chi connectivity index (χ2v) is 19.7. The SMILES string of the molecule is CCCCCCC/C=C/C(O)C(COC1OC(CO)C(OC2OC(CO)C(OC3OC(CO)C(O)C(O)C3O)C(O)C2O)C(O)C1O)NC(=O)CCCCCCCCCCCCCCCCCCCC. The number of hydrogen-bond donors (Lipinski definition) is 12. The highest BCUT2D eigenvalue weighted by atomic mass is 16.8. The highest BCUT2D eigenvalue weighted by Gasteiger charge is 2.53. The Morgan fingerprint density at radius 3 is 1.34 bits per heavy atom. The van der Waals surface area contributed by atoms with E-state index in [9.17, 15) is 61.0 Å². The van der Waals surface area contributed by atoms with Crippen LogP contribution in [0.4, 0.5) is 0 Å². The Bertz CT molecular complexity index is 1350. The zero-order valence-corrected chi connectivity index (χ0v) is 42.3. The first-order chi connectivity index (χ1) is 33.8. The van der Waals surface area contributed by atoms with Crippen LogP contribution in [0, 0.1) is 0 Å². The molecule has 3 fully saturated rings. The number of hydrogen-bond acceptors (Lipinski definition) is 18. The van der Waals surface area contributed by atoms with Crippen molar-refractivity contribution in [2.24, 2.45) is 0 Å². The van der Waals surface area contributed by atoms with E-state index < -0.39 is 124 Å². The van der Waals surface area contributed by atoms with Crippen molar-refractivity contribution in [2.75, 3.05) is 26.4 Å². The van der Waals surface area contributed by atoms with Gasteiger partial charge >= 0.3 is 0 Å². The third kappa shape index (κ3) is 21.8. The van der Waals surface area contributed by atoms with Crippen LogP contribution in [0.15, 0.2) is 12.2 Å². The summed E-state index contributed by atoms with van der Waals surface area (Å²) in [4.78, 5) is 13.2. The predicted octanol–water partition coefficient (Wildman–Crippen LogP) is 2.65. The molecule has 3 heterocycles. The number of aliphatic hydroxyl groups excluding tert-OH is 11. The molecule has 0 aliphatic carbocycles. The standard InChI is InChI=1S/C51H95NO18/c1-3-5-7-9-11-12-13-14-15-16-17-18-19-20-21-23-25-27-29-39(57)52-34(35(56)28-26-24-22-10-8-6-4-2)33-65-49-45(63)42(60)47(37(31-54)67-49)70-51-46(64)43(61)48(38(32-55)68-51)69-50-44(62)41(59)40(58)36(30-53)66-50/h26,28,34-38,40-51,53-56,58-64H,3-25,27,29-33H2,1-2H3,(H,52,57)/b28-26+. The van der Waals surface area contributed by atoms with Gasteiger partial charge in [-0.25, -0.2) is 0 Å². The van der Waals surface area contributed by atoms with Crippen molar-refractivity contribution in [2.45, 2.75) is 279 Å². The molecule has 0 saturated carbocycles. The molecule has 17 unspecified atom stereocenters. The summed E-state index contributed by atoms with van der Waals surface area (Å²) < 4.78 is 34.1. The van der Waals surface area contributed by atoms with Gasteiger partial charge in [0.1, 0.15) is 73.2 Å². The summed E-state index contributed by atoms with van der Waals surface area (Å²) in [6.45, 7) is 1.64. The Morgan fingerprint density at radius 2 is 0.886 bits per heavy atom. The third-order valence-electron chi connectivity index (χ3n) is 13.8. The molecule has 1 amide bonds. The van der Waals surface area contributed by atoms with Gasteiger partial charge in [-0.2, -0.15) is 0 Å². The van der Waals surface area contributed by atoms with Gasteiger partial charge in [-0.05, 0) is 19.3 Å². The van der Waals surface area contributed by atoms with E-state index in [0.29, 0.717) is 6.42 Å². The number of nitrogens with one attached hydrogen (secondary N) is 1. The van der Waals surface area contributed by atoms with Crippen molar-refractivity contribution in [3.05, 3.63) is 12.2 Å². The molecule has 3 aliphatic rings. The number of aliphatic hydroxyl groups is 11. The highest BCUT2D eigenvalue weighted by Crippen LogP contribution is 2.33. The molecule has 17 atom stereocenters. The van der Waals surface area contributed by atoms with Gasteiger partial charge in [0.2, 0.25) is 5.91 Å². The smallest absolute Gasteiger partial charge is 0.220 e. The Hall–Kier alpha value is -1.47. The van der Waals surface area contributed by atoms with Gasteiger partial charge in [-0.1, -0.05) is 161 Å². The lowest BCUT2D eigenvalue weighted by Crippen LogP contribution is -2.66. The first-order valence-electron chi connectivity index (χ1n) is 26.9. The molecule has 3 rings (SSSR count). The molecule has 3 aliphatic heterocycles. The normalized spacial score (nSPS) is 32.6. The molecule has 3 saturated heterocycles. The molecular formula is C51H95NO18. The zero-order valence-electron chi connectivity index (χ0n) is 42.3. The maximum Gasteiger partial charge on any atom is 0.220 e. The Labute approximate surface area is 416 Å². The zero-order chi connectivity index (χ0) is 51.3. The first kappa shape index (κ1) is 62.8. The van der Waals surface area contributed by atoms with Crippen LogP contribution in [-0.4, -0.2) is 193 Å². The van der Waals surface area contributed by atoms with Crippen LogP contribution in [0.2, 0.25) is 0 Å². The molecule has 0 bridgehead atoms. The number of carbonyl (C=O) groups excluding carboxylic acids is 1. The first-order valence-corrected chi connectivity index (χ1v) is 26.9. The van der Waals surface area contributed by atoms with E-state index in [-0.39, 0.29) is 18.9 Å². The van der Waals surface area contributed by atoms with Crippen molar-refractivity contribution < 1.29 is 89.4 Å². The van der Waals surface area contributed by atoms with Gasteiger partial charge in [0.15, 0.2) is 18.9 Å². The molecule has 412 valence electrons. The number of ether oxygens (including phenoxy) is 6. The molecule has 19 heteroatoms. The molecule has 0 aromatic heterocycles. The van der Waals surface area contributed by atoms with Gasteiger partial charge in [0.05, 0.1) is 38.6 Å². The number of carbonyl (C=O) groups is 1. The van der Waals surface area contributed by atoms with Crippen LogP contribution in [-0.2, 0) is 33.2 Å². The average Bonchev–Trinajstić information content (AvgIpc) is 3.35. The van der Waals surface area contributed by atoms with Crippen LogP contribution in [0.5, 0.6) is 0 Å². The summed E-state index contributed by atoms with van der Waals surface area (Å²) in [5.41, 5.74) is 0. The topological polar surface area (TPSA) is 307 Å². The lowest BCUT2D eigenvalue weighted by molar-refractivity contribution is -0.379. The number of amides is 1. The van der Waals surface area contributed by atoms with E-state index in [1.165, 1.54) is 89.9 Å². The molecule has 0 spiro atoms. The van der Waals surface area contributed by atoms with Crippen LogP contribution in [0.25, 0.3) is 0 Å². The van der Waals surface area contributed by atoms with E-state index in [1.54, 1.807) is 6.08 Å². The van der Waals surface area contributed by atoms with E-state index in [2.05, 4.69) is 19.2 Å². The Morgan fingerprint density at radius 1 is 0.500 bits per heavy atom. The molecular weight excluding hydrogens is 915 g/mol. The summed E-state index contributed by atoms with van der Waals surface area (Å²) in [6, 6.07) is -0.963. The van der Waals surface area contributed by atoms with E-state index in [4.69, 9.17) is 28.4 Å². The fourth-order valence-corrected chi connectivity index (χ4v) is 9.31. The molecule has 12 N–H and O–H groups in total. The summed E-state index contributed by atoms with van der Waals surface area (Å²) >= 11 is 0. The lowest BCUT2D eigenvalue weighted by Gasteiger charge is -2.48. The predicted molar refractivity (Wildman–Crippen MR) is 259 cm³/mol. The van der Waals surface area contributed by atoms with Gasteiger partial charge in [0.25, 0.3) is 0 Å². The summed E-state index contributed by atoms with van der Waals surface area (Å²) in [7, 11) is 0. The maximum absolute atomic E-state index is 13.2. The van der Waals surface area contributed by atoms with Crippen LogP contribution >= 0.6 is 0 Å². The van der Waals surface area contributed by atoms with E-state index in [1.807, 2.05) is 6.08 Å². The number of unbranched alkanes of at least 4 members (excludes halogenated alkanes) is 22. The number of rotatable bonds is 38. The maximum atomic E-state index is 13.2. The molecule has 70 heavy (non-hydrogen) atoms. The highest BCUT2D eigenvalue weighted by molar-refractivity contribution is 5.76. The minimum absolute atomic E-state index is 0.248. The van der Waals surface area contributed by atoms with Crippen molar-refractivity contribution in [1.82, 2.24) is 5.32 Å². The molecule has 0 aromatic rings. The second kappa shape index (κ2) is 36.5. The monoisotopic (exact) mass is 1010 g/mol. The lowest BCUT2D eigenvalue weighted by atomic mass is 9.96. The van der Waals surface area contributed by atoms with Gasteiger partial charge in [0, 0.05) is 6.42 Å².